The van der Waals surface area contributed by atoms with Crippen LogP contribution in [0.25, 0.3) is 0 Å². The molecule has 0 aliphatic carbocycles. The maximum atomic E-state index is 13.1. The van der Waals surface area contributed by atoms with Gasteiger partial charge in [-0.15, -0.1) is 0 Å². The van der Waals surface area contributed by atoms with Crippen LogP contribution in [0, 0.1) is 5.82 Å². The molecule has 0 radical (unpaired) electrons. The molecule has 0 bridgehead atoms. The fourth-order valence-electron chi connectivity index (χ4n) is 2.21. The molecule has 1 rings (SSSR count). The fourth-order valence-corrected chi connectivity index (χ4v) is 2.21. The van der Waals surface area contributed by atoms with Crippen molar-refractivity contribution in [1.29, 1.82) is 0 Å². The maximum absolute atomic E-state index is 13.1. The third kappa shape index (κ3) is 7.98. The van der Waals surface area contributed by atoms with Crippen LogP contribution in [-0.2, 0) is 6.42 Å². The Kier molecular flexibility index (Phi) is 9.29. The zero-order chi connectivity index (χ0) is 17.1. The predicted octanol–water partition coefficient (Wildman–Crippen LogP) is 2.65. The Hall–Kier alpha value is -1.62. The number of hydrogen-bond acceptors (Lipinski definition) is 2. The summed E-state index contributed by atoms with van der Waals surface area (Å²) in [5.41, 5.74) is 0.991. The van der Waals surface area contributed by atoms with Crippen LogP contribution in [0.5, 0.6) is 0 Å². The van der Waals surface area contributed by atoms with E-state index in [0.717, 1.165) is 50.5 Å². The average molecular weight is 322 g/mol. The number of hydrogen-bond donors (Lipinski definition) is 2. The number of guanidine groups is 1. The average Bonchev–Trinajstić information content (AvgIpc) is 2.54. The Morgan fingerprint density at radius 3 is 2.74 bits per heavy atom. The molecule has 0 saturated carbocycles. The number of rotatable bonds is 9. The molecule has 0 aromatic heterocycles. The van der Waals surface area contributed by atoms with Crippen LogP contribution in [0.2, 0.25) is 0 Å². The summed E-state index contributed by atoms with van der Waals surface area (Å²) in [7, 11) is 2.13. The summed E-state index contributed by atoms with van der Waals surface area (Å²) in [5.74, 6) is 0.637. The molecular weight excluding hydrogens is 291 g/mol. The molecule has 2 N–H and O–H groups in total. The van der Waals surface area contributed by atoms with Crippen molar-refractivity contribution in [3.8, 4) is 0 Å². The molecule has 4 nitrogen and oxygen atoms in total. The molecule has 1 aromatic rings. The van der Waals surface area contributed by atoms with Crippen molar-refractivity contribution in [1.82, 2.24) is 15.5 Å². The number of nitrogens with one attached hydrogen (secondary N) is 2. The third-order valence-electron chi connectivity index (χ3n) is 4.01. The smallest absolute Gasteiger partial charge is 0.191 e. The van der Waals surface area contributed by atoms with Gasteiger partial charge in [0.2, 0.25) is 0 Å². The third-order valence-corrected chi connectivity index (χ3v) is 4.01. The second-order valence-electron chi connectivity index (χ2n) is 5.81. The lowest BCUT2D eigenvalue weighted by Gasteiger charge is -2.22. The number of nitrogens with zero attached hydrogens (tertiary/aromatic N) is 2. The quantitative estimate of drug-likeness (QED) is 0.542. The van der Waals surface area contributed by atoms with E-state index in [9.17, 15) is 4.39 Å². The predicted molar refractivity (Wildman–Crippen MR) is 96.5 cm³/mol. The first kappa shape index (κ1) is 19.4. The van der Waals surface area contributed by atoms with Gasteiger partial charge in [0.1, 0.15) is 5.82 Å². The normalized spacial score (nSPS) is 13.2. The van der Waals surface area contributed by atoms with Crippen LogP contribution in [-0.4, -0.2) is 50.1 Å². The van der Waals surface area contributed by atoms with Crippen molar-refractivity contribution in [2.45, 2.75) is 39.7 Å². The highest BCUT2D eigenvalue weighted by Crippen LogP contribution is 2.03. The lowest BCUT2D eigenvalue weighted by atomic mass is 10.1. The molecule has 5 heteroatoms. The van der Waals surface area contributed by atoms with Crippen molar-refractivity contribution in [3.63, 3.8) is 0 Å². The van der Waals surface area contributed by atoms with Crippen LogP contribution in [0.4, 0.5) is 4.39 Å². The van der Waals surface area contributed by atoms with Crippen LogP contribution in [0.15, 0.2) is 29.3 Å². The summed E-state index contributed by atoms with van der Waals surface area (Å²) in [6, 6.07) is 7.31. The first-order chi connectivity index (χ1) is 11.1. The molecule has 0 spiro atoms. The van der Waals surface area contributed by atoms with E-state index in [0.29, 0.717) is 6.04 Å². The van der Waals surface area contributed by atoms with Gasteiger partial charge < -0.3 is 15.5 Å². The molecule has 1 aromatic carbocycles. The van der Waals surface area contributed by atoms with Gasteiger partial charge in [-0.25, -0.2) is 4.39 Å². The standard InChI is InChI=1S/C18H31FN4/c1-5-15(3)23(4)13-12-22-18(20-6-2)21-11-10-16-8-7-9-17(19)14-16/h7-9,14-15H,5-6,10-13H2,1-4H3,(H2,20,21,22). The second-order valence-corrected chi connectivity index (χ2v) is 5.81. The molecule has 0 fully saturated rings. The minimum Gasteiger partial charge on any atom is -0.357 e. The van der Waals surface area contributed by atoms with Gasteiger partial charge in [-0.2, -0.15) is 0 Å². The molecule has 1 unspecified atom stereocenters. The molecule has 0 heterocycles. The lowest BCUT2D eigenvalue weighted by molar-refractivity contribution is 0.259. The van der Waals surface area contributed by atoms with Gasteiger partial charge in [0.15, 0.2) is 5.96 Å². The SMILES string of the molecule is CCNC(=NCCN(C)C(C)CC)NCCc1cccc(F)c1. The molecule has 130 valence electrons. The lowest BCUT2D eigenvalue weighted by Crippen LogP contribution is -2.39. The minimum absolute atomic E-state index is 0.184. The Morgan fingerprint density at radius 2 is 2.09 bits per heavy atom. The molecule has 0 amide bonds. The zero-order valence-corrected chi connectivity index (χ0v) is 14.9. The first-order valence-corrected chi connectivity index (χ1v) is 8.53. The summed E-state index contributed by atoms with van der Waals surface area (Å²) in [5, 5.41) is 6.55. The van der Waals surface area contributed by atoms with E-state index < -0.39 is 0 Å². The molecule has 0 saturated heterocycles. The van der Waals surface area contributed by atoms with Crippen molar-refractivity contribution < 1.29 is 4.39 Å². The van der Waals surface area contributed by atoms with E-state index in [1.54, 1.807) is 12.1 Å². The monoisotopic (exact) mass is 322 g/mol. The molecular formula is C18H31FN4. The van der Waals surface area contributed by atoms with Crippen molar-refractivity contribution in [2.24, 2.45) is 4.99 Å². The van der Waals surface area contributed by atoms with Gasteiger partial charge >= 0.3 is 0 Å². The fraction of sp³-hybridized carbons (Fsp3) is 0.611. The van der Waals surface area contributed by atoms with E-state index in [-0.39, 0.29) is 5.82 Å². The summed E-state index contributed by atoms with van der Waals surface area (Å²) in [6.07, 6.45) is 1.92. The second kappa shape index (κ2) is 11.0. The highest BCUT2D eigenvalue weighted by molar-refractivity contribution is 5.79. The molecule has 0 aliphatic heterocycles. The Bertz CT molecular complexity index is 476. The number of halogens is 1. The minimum atomic E-state index is -0.184. The summed E-state index contributed by atoms with van der Waals surface area (Å²) >= 11 is 0. The van der Waals surface area contributed by atoms with Gasteiger partial charge in [0, 0.05) is 25.7 Å². The highest BCUT2D eigenvalue weighted by Gasteiger charge is 2.05. The highest BCUT2D eigenvalue weighted by atomic mass is 19.1. The van der Waals surface area contributed by atoms with E-state index in [4.69, 9.17) is 0 Å². The number of aliphatic imine (C=N–C) groups is 1. The van der Waals surface area contributed by atoms with Gasteiger partial charge in [-0.05, 0) is 51.4 Å². The van der Waals surface area contributed by atoms with Crippen molar-refractivity contribution >= 4 is 5.96 Å². The summed E-state index contributed by atoms with van der Waals surface area (Å²) < 4.78 is 13.1. The maximum Gasteiger partial charge on any atom is 0.191 e. The molecule has 0 aliphatic rings. The Morgan fingerprint density at radius 1 is 1.30 bits per heavy atom. The molecule has 1 atom stereocenters. The molecule has 23 heavy (non-hydrogen) atoms. The van der Waals surface area contributed by atoms with Gasteiger partial charge in [-0.1, -0.05) is 19.1 Å². The number of likely N-dealkylation sites (N-methyl/N-ethyl adjacent to an activating group) is 1. The van der Waals surface area contributed by atoms with E-state index in [1.807, 2.05) is 6.07 Å². The largest absolute Gasteiger partial charge is 0.357 e. The summed E-state index contributed by atoms with van der Waals surface area (Å²) in [6.45, 7) is 9.73. The topological polar surface area (TPSA) is 39.7 Å². The van der Waals surface area contributed by atoms with Crippen LogP contribution in [0.3, 0.4) is 0 Å². The van der Waals surface area contributed by atoms with Crippen LogP contribution < -0.4 is 10.6 Å². The van der Waals surface area contributed by atoms with E-state index >= 15 is 0 Å². The van der Waals surface area contributed by atoms with Crippen molar-refractivity contribution in [2.75, 3.05) is 33.2 Å². The Balaban J connectivity index is 2.40. The Labute approximate surface area is 140 Å². The van der Waals surface area contributed by atoms with Gasteiger partial charge in [0.25, 0.3) is 0 Å². The summed E-state index contributed by atoms with van der Waals surface area (Å²) in [4.78, 5) is 6.92. The van der Waals surface area contributed by atoms with Crippen molar-refractivity contribution in [3.05, 3.63) is 35.6 Å². The van der Waals surface area contributed by atoms with Crippen LogP contribution in [0.1, 0.15) is 32.8 Å². The van der Waals surface area contributed by atoms with E-state index in [1.165, 1.54) is 6.07 Å². The first-order valence-electron chi connectivity index (χ1n) is 8.53. The van der Waals surface area contributed by atoms with E-state index in [2.05, 4.69) is 48.3 Å². The zero-order valence-electron chi connectivity index (χ0n) is 14.9. The number of benzene rings is 1. The van der Waals surface area contributed by atoms with Crippen LogP contribution >= 0.6 is 0 Å². The van der Waals surface area contributed by atoms with Gasteiger partial charge in [-0.3, -0.25) is 4.99 Å². The van der Waals surface area contributed by atoms with Gasteiger partial charge in [0.05, 0.1) is 6.54 Å².